The van der Waals surface area contributed by atoms with Gasteiger partial charge in [-0.1, -0.05) is 0 Å². The van der Waals surface area contributed by atoms with Gasteiger partial charge in [0.05, 0.1) is 0 Å². The summed E-state index contributed by atoms with van der Waals surface area (Å²) in [4.78, 5) is 10.7. The minimum absolute atomic E-state index is 0.147. The Morgan fingerprint density at radius 2 is 1.93 bits per heavy atom. The number of rotatable bonds is 3. The number of hydrogen-bond acceptors (Lipinski definition) is 2. The number of benzene rings is 1. The first-order chi connectivity index (χ1) is 6.63. The van der Waals surface area contributed by atoms with Crippen molar-refractivity contribution >= 4 is 25.4 Å². The molecule has 0 aliphatic rings. The van der Waals surface area contributed by atoms with Crippen LogP contribution in [0.3, 0.4) is 0 Å². The Balaban J connectivity index is 2.71. The summed E-state index contributed by atoms with van der Waals surface area (Å²) in [7, 11) is 0. The van der Waals surface area contributed by atoms with Gasteiger partial charge in [-0.2, -0.15) is 0 Å². The molecule has 0 amide bonds. The molecule has 1 aromatic rings. The van der Waals surface area contributed by atoms with E-state index in [0.29, 0.717) is 15.0 Å². The van der Waals surface area contributed by atoms with Gasteiger partial charge in [-0.05, 0) is 0 Å². The SMILES string of the molecule is C[Se]c1ccc([C@@H](C)OC(C)=O)cc1. The fourth-order valence-corrected chi connectivity index (χ4v) is 2.05. The van der Waals surface area contributed by atoms with Gasteiger partial charge in [0.1, 0.15) is 0 Å². The fraction of sp³-hybridized carbons (Fsp3) is 0.364. The molecule has 1 aromatic carbocycles. The van der Waals surface area contributed by atoms with Crippen molar-refractivity contribution in [3.63, 3.8) is 0 Å². The molecule has 0 aromatic heterocycles. The predicted molar refractivity (Wildman–Crippen MR) is 57.9 cm³/mol. The van der Waals surface area contributed by atoms with Crippen molar-refractivity contribution in [2.75, 3.05) is 0 Å². The Labute approximate surface area is 90.8 Å². The average Bonchev–Trinajstić information content (AvgIpc) is 2.17. The van der Waals surface area contributed by atoms with Gasteiger partial charge in [-0.3, -0.25) is 0 Å². The monoisotopic (exact) mass is 258 g/mol. The van der Waals surface area contributed by atoms with Crippen molar-refractivity contribution in [1.29, 1.82) is 0 Å². The number of ether oxygens (including phenoxy) is 1. The molecule has 0 bridgehead atoms. The summed E-state index contributed by atoms with van der Waals surface area (Å²) in [6.07, 6.45) is -0.147. The molecule has 1 rings (SSSR count). The summed E-state index contributed by atoms with van der Waals surface area (Å²) >= 11 is 0.531. The van der Waals surface area contributed by atoms with E-state index in [1.807, 2.05) is 19.1 Å². The van der Waals surface area contributed by atoms with Crippen LogP contribution in [-0.2, 0) is 9.53 Å². The van der Waals surface area contributed by atoms with Crippen LogP contribution in [0.5, 0.6) is 0 Å². The Morgan fingerprint density at radius 1 is 1.36 bits per heavy atom. The van der Waals surface area contributed by atoms with Crippen molar-refractivity contribution in [3.05, 3.63) is 29.8 Å². The number of esters is 1. The van der Waals surface area contributed by atoms with Crippen LogP contribution in [0.4, 0.5) is 0 Å². The molecule has 0 fully saturated rings. The van der Waals surface area contributed by atoms with Crippen LogP contribution in [0.25, 0.3) is 0 Å². The van der Waals surface area contributed by atoms with E-state index in [-0.39, 0.29) is 12.1 Å². The zero-order chi connectivity index (χ0) is 10.6. The zero-order valence-electron chi connectivity index (χ0n) is 8.61. The molecule has 14 heavy (non-hydrogen) atoms. The Hall–Kier alpha value is -0.791. The van der Waals surface area contributed by atoms with Gasteiger partial charge in [-0.15, -0.1) is 0 Å². The third-order valence-corrected chi connectivity index (χ3v) is 3.49. The molecule has 0 saturated carbocycles. The molecule has 0 unspecified atom stereocenters. The molecule has 2 nitrogen and oxygen atoms in total. The first-order valence-electron chi connectivity index (χ1n) is 4.44. The van der Waals surface area contributed by atoms with Crippen molar-refractivity contribution in [1.82, 2.24) is 0 Å². The summed E-state index contributed by atoms with van der Waals surface area (Å²) < 4.78 is 6.43. The van der Waals surface area contributed by atoms with E-state index in [9.17, 15) is 4.79 Å². The molecule has 0 aliphatic heterocycles. The van der Waals surface area contributed by atoms with Crippen LogP contribution in [0, 0.1) is 0 Å². The summed E-state index contributed by atoms with van der Waals surface area (Å²) in [6.45, 7) is 3.31. The molecular weight excluding hydrogens is 243 g/mol. The Kier molecular flexibility index (Phi) is 4.18. The molecule has 0 aliphatic carbocycles. The molecule has 0 radical (unpaired) electrons. The second-order valence-electron chi connectivity index (χ2n) is 3.02. The van der Waals surface area contributed by atoms with Crippen LogP contribution in [0.15, 0.2) is 24.3 Å². The van der Waals surface area contributed by atoms with E-state index in [4.69, 9.17) is 4.74 Å². The second kappa shape index (κ2) is 5.18. The third kappa shape index (κ3) is 3.17. The first-order valence-corrected chi connectivity index (χ1v) is 7.01. The predicted octanol–water partition coefficient (Wildman–Crippen LogP) is 1.69. The summed E-state index contributed by atoms with van der Waals surface area (Å²) in [5.74, 6) is 1.94. The summed E-state index contributed by atoms with van der Waals surface area (Å²) in [5.41, 5.74) is 1.05. The van der Waals surface area contributed by atoms with Gasteiger partial charge in [0.15, 0.2) is 0 Å². The summed E-state index contributed by atoms with van der Waals surface area (Å²) in [5, 5.41) is 0. The third-order valence-electron chi connectivity index (χ3n) is 1.93. The standard InChI is InChI=1S/C11H14O2Se/c1-8(13-9(2)12)10-4-6-11(14-3)7-5-10/h4-8H,1-3H3/t8-/m1/s1. The van der Waals surface area contributed by atoms with Crippen LogP contribution in [0.1, 0.15) is 25.5 Å². The molecule has 0 spiro atoms. The van der Waals surface area contributed by atoms with Gasteiger partial charge in [0, 0.05) is 0 Å². The second-order valence-corrected chi connectivity index (χ2v) is 4.87. The van der Waals surface area contributed by atoms with Gasteiger partial charge >= 0.3 is 90.5 Å². The molecule has 0 N–H and O–H groups in total. The topological polar surface area (TPSA) is 26.3 Å². The summed E-state index contributed by atoms with van der Waals surface area (Å²) in [6, 6.07) is 8.23. The number of hydrogen-bond donors (Lipinski definition) is 0. The van der Waals surface area contributed by atoms with E-state index >= 15 is 0 Å². The maximum absolute atomic E-state index is 10.7. The molecule has 76 valence electrons. The quantitative estimate of drug-likeness (QED) is 0.608. The Morgan fingerprint density at radius 3 is 2.36 bits per heavy atom. The van der Waals surface area contributed by atoms with Gasteiger partial charge in [-0.25, -0.2) is 0 Å². The maximum atomic E-state index is 10.7. The van der Waals surface area contributed by atoms with Crippen LogP contribution >= 0.6 is 0 Å². The van der Waals surface area contributed by atoms with E-state index in [1.54, 1.807) is 0 Å². The molecule has 1 atom stereocenters. The van der Waals surface area contributed by atoms with Crippen molar-refractivity contribution in [2.45, 2.75) is 25.8 Å². The van der Waals surface area contributed by atoms with E-state index in [0.717, 1.165) is 5.56 Å². The first kappa shape index (κ1) is 11.3. The number of carbonyl (C=O) groups is 1. The Bertz CT molecular complexity index is 306. The molecule has 0 heterocycles. The zero-order valence-corrected chi connectivity index (χ0v) is 10.3. The van der Waals surface area contributed by atoms with Crippen molar-refractivity contribution in [2.24, 2.45) is 0 Å². The van der Waals surface area contributed by atoms with Gasteiger partial charge in [0.25, 0.3) is 0 Å². The van der Waals surface area contributed by atoms with Gasteiger partial charge < -0.3 is 0 Å². The molecular formula is C11H14O2Se. The molecule has 0 saturated heterocycles. The van der Waals surface area contributed by atoms with E-state index in [1.165, 1.54) is 11.4 Å². The van der Waals surface area contributed by atoms with Crippen molar-refractivity contribution < 1.29 is 9.53 Å². The normalized spacial score (nSPS) is 12.2. The fourth-order valence-electron chi connectivity index (χ4n) is 1.19. The minimum atomic E-state index is -0.235. The van der Waals surface area contributed by atoms with Crippen LogP contribution in [-0.4, -0.2) is 20.9 Å². The average molecular weight is 257 g/mol. The number of carbonyl (C=O) groups excluding carboxylic acids is 1. The molecule has 3 heteroatoms. The van der Waals surface area contributed by atoms with Crippen LogP contribution < -0.4 is 4.46 Å². The van der Waals surface area contributed by atoms with E-state index < -0.39 is 0 Å². The van der Waals surface area contributed by atoms with Crippen LogP contribution in [0.2, 0.25) is 5.82 Å². The van der Waals surface area contributed by atoms with Gasteiger partial charge in [0.2, 0.25) is 0 Å². The van der Waals surface area contributed by atoms with Crippen molar-refractivity contribution in [3.8, 4) is 0 Å². The van der Waals surface area contributed by atoms with E-state index in [2.05, 4.69) is 18.0 Å².